The van der Waals surface area contributed by atoms with Gasteiger partial charge < -0.3 is 4.90 Å². The fourth-order valence-electron chi connectivity index (χ4n) is 2.42. The summed E-state index contributed by atoms with van der Waals surface area (Å²) >= 11 is 0. The Labute approximate surface area is 157 Å². The summed E-state index contributed by atoms with van der Waals surface area (Å²) in [6, 6.07) is 11.7. The van der Waals surface area contributed by atoms with Gasteiger partial charge in [0.25, 0.3) is 5.69 Å². The number of nitro benzene ring substituents is 1. The highest BCUT2D eigenvalue weighted by Crippen LogP contribution is 2.22. The van der Waals surface area contributed by atoms with Crippen molar-refractivity contribution in [2.45, 2.75) is 17.9 Å². The van der Waals surface area contributed by atoms with Crippen LogP contribution in [0.25, 0.3) is 6.08 Å². The molecule has 0 fully saturated rings. The standard InChI is InChI=1S/C18H19N3O5S/c1-13(14-7-10-16(11-8-14)27(19,25)26)20(2)18(22)12-9-15-5-3-4-6-17(15)21(23)24/h3-13H,1-2H3,(H2,19,25,26)/b12-9+. The number of likely N-dealkylation sites (N-methyl/N-ethyl adjacent to an activating group) is 1. The number of carbonyl (C=O) groups excluding carboxylic acids is 1. The van der Waals surface area contributed by atoms with E-state index in [0.717, 1.165) is 5.56 Å². The lowest BCUT2D eigenvalue weighted by atomic mass is 10.1. The molecule has 1 amide bonds. The van der Waals surface area contributed by atoms with Crippen LogP contribution in [0.5, 0.6) is 0 Å². The minimum Gasteiger partial charge on any atom is -0.335 e. The molecule has 0 aliphatic heterocycles. The molecule has 27 heavy (non-hydrogen) atoms. The van der Waals surface area contributed by atoms with Gasteiger partial charge >= 0.3 is 0 Å². The summed E-state index contributed by atoms with van der Waals surface area (Å²) in [6.07, 6.45) is 2.66. The highest BCUT2D eigenvalue weighted by molar-refractivity contribution is 7.89. The number of hydrogen-bond donors (Lipinski definition) is 1. The number of nitrogens with two attached hydrogens (primary N) is 1. The molecule has 0 aliphatic carbocycles. The first-order chi connectivity index (χ1) is 12.6. The topological polar surface area (TPSA) is 124 Å². The summed E-state index contributed by atoms with van der Waals surface area (Å²) in [5.41, 5.74) is 0.961. The third kappa shape index (κ3) is 4.99. The second-order valence-electron chi connectivity index (χ2n) is 5.89. The number of benzene rings is 2. The van der Waals surface area contributed by atoms with Crippen LogP contribution in [-0.4, -0.2) is 31.2 Å². The average Bonchev–Trinajstić information content (AvgIpc) is 2.64. The zero-order chi connectivity index (χ0) is 20.2. The molecule has 0 aromatic heterocycles. The fourth-order valence-corrected chi connectivity index (χ4v) is 2.94. The van der Waals surface area contributed by atoms with Gasteiger partial charge in [0.15, 0.2) is 0 Å². The van der Waals surface area contributed by atoms with Gasteiger partial charge in [-0.2, -0.15) is 0 Å². The van der Waals surface area contributed by atoms with Gasteiger partial charge in [-0.3, -0.25) is 14.9 Å². The summed E-state index contributed by atoms with van der Waals surface area (Å²) in [4.78, 5) is 24.3. The van der Waals surface area contributed by atoms with Crippen LogP contribution in [-0.2, 0) is 14.8 Å². The molecule has 1 unspecified atom stereocenters. The van der Waals surface area contributed by atoms with Crippen molar-refractivity contribution >= 4 is 27.7 Å². The van der Waals surface area contributed by atoms with Crippen LogP contribution >= 0.6 is 0 Å². The van der Waals surface area contributed by atoms with Gasteiger partial charge in [0, 0.05) is 19.2 Å². The number of nitro groups is 1. The third-order valence-corrected chi connectivity index (χ3v) is 5.09. The monoisotopic (exact) mass is 389 g/mol. The van der Waals surface area contributed by atoms with E-state index in [2.05, 4.69) is 0 Å². The predicted molar refractivity (Wildman–Crippen MR) is 101 cm³/mol. The first kappa shape index (κ1) is 20.3. The van der Waals surface area contributed by atoms with Crippen molar-refractivity contribution in [1.29, 1.82) is 0 Å². The number of amides is 1. The van der Waals surface area contributed by atoms with E-state index in [1.54, 1.807) is 44.3 Å². The lowest BCUT2D eigenvalue weighted by Crippen LogP contribution is -2.28. The summed E-state index contributed by atoms with van der Waals surface area (Å²) < 4.78 is 22.6. The molecule has 0 saturated heterocycles. The summed E-state index contributed by atoms with van der Waals surface area (Å²) in [6.45, 7) is 1.78. The highest BCUT2D eigenvalue weighted by atomic mass is 32.2. The van der Waals surface area contributed by atoms with Crippen LogP contribution in [0, 0.1) is 10.1 Å². The van der Waals surface area contributed by atoms with Crippen molar-refractivity contribution in [2.24, 2.45) is 5.14 Å². The Kier molecular flexibility index (Phi) is 6.09. The van der Waals surface area contributed by atoms with Crippen molar-refractivity contribution in [2.75, 3.05) is 7.05 Å². The largest absolute Gasteiger partial charge is 0.335 e. The fraction of sp³-hybridized carbons (Fsp3) is 0.167. The maximum atomic E-state index is 12.4. The maximum Gasteiger partial charge on any atom is 0.276 e. The number of hydrogen-bond acceptors (Lipinski definition) is 5. The minimum atomic E-state index is -3.78. The first-order valence-corrected chi connectivity index (χ1v) is 9.47. The molecule has 2 aromatic carbocycles. The van der Waals surface area contributed by atoms with Crippen molar-refractivity contribution in [1.82, 2.24) is 4.90 Å². The SMILES string of the molecule is CC(c1ccc(S(N)(=O)=O)cc1)N(C)C(=O)/C=C/c1ccccc1[N+](=O)[O-]. The molecule has 0 aliphatic rings. The molecule has 0 bridgehead atoms. The zero-order valence-corrected chi connectivity index (χ0v) is 15.6. The Morgan fingerprint density at radius 2 is 1.78 bits per heavy atom. The van der Waals surface area contributed by atoms with Crippen molar-refractivity contribution in [3.63, 3.8) is 0 Å². The molecule has 9 heteroatoms. The number of primary sulfonamides is 1. The van der Waals surface area contributed by atoms with E-state index in [9.17, 15) is 23.3 Å². The van der Waals surface area contributed by atoms with Crippen LogP contribution in [0.2, 0.25) is 0 Å². The average molecular weight is 389 g/mol. The Morgan fingerprint density at radius 1 is 1.19 bits per heavy atom. The predicted octanol–water partition coefficient (Wildman–Crippen LogP) is 2.48. The second-order valence-corrected chi connectivity index (χ2v) is 7.45. The quantitative estimate of drug-likeness (QED) is 0.462. The molecule has 0 radical (unpaired) electrons. The normalized spacial score (nSPS) is 12.7. The molecular weight excluding hydrogens is 370 g/mol. The summed E-state index contributed by atoms with van der Waals surface area (Å²) in [5, 5.41) is 16.1. The molecule has 2 aromatic rings. The molecule has 142 valence electrons. The van der Waals surface area contributed by atoms with E-state index in [1.807, 2.05) is 0 Å². The van der Waals surface area contributed by atoms with Crippen LogP contribution < -0.4 is 5.14 Å². The summed E-state index contributed by atoms with van der Waals surface area (Å²) in [7, 11) is -2.19. The lowest BCUT2D eigenvalue weighted by Gasteiger charge is -2.24. The molecule has 0 saturated carbocycles. The number of rotatable bonds is 6. The third-order valence-electron chi connectivity index (χ3n) is 4.16. The van der Waals surface area contributed by atoms with Gasteiger partial charge in [0.1, 0.15) is 0 Å². The molecule has 1 atom stereocenters. The van der Waals surface area contributed by atoms with E-state index >= 15 is 0 Å². The van der Waals surface area contributed by atoms with Gasteiger partial charge in [-0.05, 0) is 36.8 Å². The highest BCUT2D eigenvalue weighted by Gasteiger charge is 2.17. The lowest BCUT2D eigenvalue weighted by molar-refractivity contribution is -0.385. The maximum absolute atomic E-state index is 12.4. The van der Waals surface area contributed by atoms with Gasteiger partial charge in [-0.25, -0.2) is 13.6 Å². The van der Waals surface area contributed by atoms with Crippen molar-refractivity contribution in [3.8, 4) is 0 Å². The van der Waals surface area contributed by atoms with Crippen LogP contribution in [0.3, 0.4) is 0 Å². The molecule has 0 spiro atoms. The Hall–Kier alpha value is -3.04. The minimum absolute atomic E-state index is 0.0105. The van der Waals surface area contributed by atoms with Crippen molar-refractivity contribution in [3.05, 3.63) is 75.8 Å². The molecule has 2 rings (SSSR count). The number of carbonyl (C=O) groups is 1. The first-order valence-electron chi connectivity index (χ1n) is 7.92. The molecule has 0 heterocycles. The van der Waals surface area contributed by atoms with E-state index in [4.69, 9.17) is 5.14 Å². The number of sulfonamides is 1. The van der Waals surface area contributed by atoms with Crippen molar-refractivity contribution < 1.29 is 18.1 Å². The van der Waals surface area contributed by atoms with E-state index in [1.165, 1.54) is 35.3 Å². The van der Waals surface area contributed by atoms with Gasteiger partial charge in [0.2, 0.25) is 15.9 Å². The van der Waals surface area contributed by atoms with E-state index in [-0.39, 0.29) is 22.5 Å². The summed E-state index contributed by atoms with van der Waals surface area (Å²) in [5.74, 6) is -0.351. The van der Waals surface area contributed by atoms with E-state index < -0.39 is 14.9 Å². The Morgan fingerprint density at radius 3 is 2.33 bits per heavy atom. The van der Waals surface area contributed by atoms with Crippen LogP contribution in [0.1, 0.15) is 24.1 Å². The Bertz CT molecular complexity index is 984. The zero-order valence-electron chi connectivity index (χ0n) is 14.8. The van der Waals surface area contributed by atoms with E-state index in [0.29, 0.717) is 5.56 Å². The van der Waals surface area contributed by atoms with Gasteiger partial charge in [-0.1, -0.05) is 24.3 Å². The van der Waals surface area contributed by atoms with Crippen LogP contribution in [0.4, 0.5) is 5.69 Å². The van der Waals surface area contributed by atoms with Gasteiger partial charge in [0.05, 0.1) is 21.4 Å². The second kappa shape index (κ2) is 8.11. The number of nitrogens with zero attached hydrogens (tertiary/aromatic N) is 2. The molecular formula is C18H19N3O5S. The van der Waals surface area contributed by atoms with Gasteiger partial charge in [-0.15, -0.1) is 0 Å². The number of para-hydroxylation sites is 1. The molecule has 2 N–H and O–H groups in total. The molecule has 8 nitrogen and oxygen atoms in total. The Balaban J connectivity index is 2.16. The smallest absolute Gasteiger partial charge is 0.276 e. The van der Waals surface area contributed by atoms with Crippen LogP contribution in [0.15, 0.2) is 59.5 Å².